The maximum atomic E-state index is 12.6. The topological polar surface area (TPSA) is 83.5 Å². The summed E-state index contributed by atoms with van der Waals surface area (Å²) in [4.78, 5) is 10.8. The lowest BCUT2D eigenvalue weighted by atomic mass is 10.1. The Morgan fingerprint density at radius 2 is 1.67 bits per heavy atom. The molecule has 5 nitrogen and oxygen atoms in total. The van der Waals surface area contributed by atoms with Gasteiger partial charge in [0.05, 0.1) is 9.79 Å². The van der Waals surface area contributed by atoms with E-state index in [0.29, 0.717) is 12.0 Å². The van der Waals surface area contributed by atoms with Crippen LogP contribution in [0.2, 0.25) is 0 Å². The van der Waals surface area contributed by atoms with Crippen LogP contribution in [0.4, 0.5) is 13.2 Å². The lowest BCUT2D eigenvalue weighted by Crippen LogP contribution is -2.37. The van der Waals surface area contributed by atoms with Crippen LogP contribution >= 0.6 is 0 Å². The smallest absolute Gasteiger partial charge is 0.471 e. The number of aryl methyl sites for hydroxylation is 2. The highest BCUT2D eigenvalue weighted by Crippen LogP contribution is 2.25. The molecule has 0 radical (unpaired) electrons. The van der Waals surface area contributed by atoms with Crippen LogP contribution in [0.3, 0.4) is 0 Å². The molecule has 0 saturated carbocycles. The average molecular weight is 401 g/mol. The number of aromatic hydroxyl groups is 1. The van der Waals surface area contributed by atoms with E-state index in [1.54, 1.807) is 24.4 Å². The molecule has 2 aromatic rings. The molecular formula is C18H18F3NO4S. The fourth-order valence-corrected chi connectivity index (χ4v) is 3.71. The summed E-state index contributed by atoms with van der Waals surface area (Å²) >= 11 is 0. The summed E-state index contributed by atoms with van der Waals surface area (Å²) in [5.74, 6) is -1.98. The third-order valence-corrected chi connectivity index (χ3v) is 5.66. The van der Waals surface area contributed by atoms with Gasteiger partial charge in [-0.3, -0.25) is 4.79 Å². The van der Waals surface area contributed by atoms with Crippen molar-refractivity contribution in [1.82, 2.24) is 5.32 Å². The van der Waals surface area contributed by atoms with Crippen molar-refractivity contribution in [2.75, 3.05) is 6.54 Å². The summed E-state index contributed by atoms with van der Waals surface area (Å²) in [7, 11) is -3.74. The van der Waals surface area contributed by atoms with Crippen LogP contribution in [0.15, 0.2) is 52.3 Å². The lowest BCUT2D eigenvalue weighted by molar-refractivity contribution is -0.173. The van der Waals surface area contributed by atoms with Gasteiger partial charge in [-0.2, -0.15) is 13.2 Å². The normalized spacial score (nSPS) is 12.0. The lowest BCUT2D eigenvalue weighted by Gasteiger charge is -2.09. The molecule has 2 rings (SSSR count). The quantitative estimate of drug-likeness (QED) is 0.729. The summed E-state index contributed by atoms with van der Waals surface area (Å²) in [5, 5.41) is 11.3. The van der Waals surface area contributed by atoms with E-state index in [1.807, 2.05) is 0 Å². The fraction of sp³-hybridized carbons (Fsp3) is 0.278. The first-order valence-corrected chi connectivity index (χ1v) is 9.49. The van der Waals surface area contributed by atoms with Crippen LogP contribution in [0.1, 0.15) is 17.5 Å². The first-order valence-electron chi connectivity index (χ1n) is 8.00. The molecule has 0 aliphatic carbocycles. The Morgan fingerprint density at radius 1 is 1.07 bits per heavy atom. The Labute approximate surface area is 154 Å². The number of hydrogen-bond acceptors (Lipinski definition) is 4. The largest absolute Gasteiger partial charge is 0.508 e. The number of nitrogens with one attached hydrogen (secondary N) is 1. The standard InChI is InChI=1S/C18H18F3NO4S/c1-12-11-15(8-9-16(12)23)27(25,26)14-6-4-13(5-7-14)3-2-10-22-17(24)18(19,20)21/h4-9,11,23H,2-3,10H2,1H3,(H,22,24). The van der Waals surface area contributed by atoms with Crippen LogP contribution in [0.25, 0.3) is 0 Å². The Bertz CT molecular complexity index is 923. The van der Waals surface area contributed by atoms with Gasteiger partial charge in [0, 0.05) is 6.54 Å². The molecule has 2 N–H and O–H groups in total. The number of halogens is 3. The molecule has 9 heteroatoms. The molecule has 146 valence electrons. The zero-order valence-electron chi connectivity index (χ0n) is 14.4. The zero-order valence-corrected chi connectivity index (χ0v) is 15.2. The van der Waals surface area contributed by atoms with Crippen LogP contribution in [0, 0.1) is 6.92 Å². The predicted molar refractivity (Wildman–Crippen MR) is 92.1 cm³/mol. The van der Waals surface area contributed by atoms with E-state index in [0.717, 1.165) is 5.56 Å². The van der Waals surface area contributed by atoms with E-state index in [9.17, 15) is 31.5 Å². The van der Waals surface area contributed by atoms with Gasteiger partial charge >= 0.3 is 12.1 Å². The molecule has 2 aromatic carbocycles. The number of sulfone groups is 1. The maximum Gasteiger partial charge on any atom is 0.471 e. The predicted octanol–water partition coefficient (Wildman–Crippen LogP) is 3.14. The molecule has 0 aliphatic heterocycles. The number of phenolic OH excluding ortho intramolecular Hbond substituents is 1. The summed E-state index contributed by atoms with van der Waals surface area (Å²) in [6.45, 7) is 1.46. The molecule has 27 heavy (non-hydrogen) atoms. The summed E-state index contributed by atoms with van der Waals surface area (Å²) in [6.07, 6.45) is -4.23. The molecule has 0 bridgehead atoms. The van der Waals surface area contributed by atoms with Gasteiger partial charge < -0.3 is 10.4 Å². The second-order valence-electron chi connectivity index (χ2n) is 5.95. The van der Waals surface area contributed by atoms with Gasteiger partial charge in [-0.25, -0.2) is 8.42 Å². The summed E-state index contributed by atoms with van der Waals surface area (Å²) in [6, 6.07) is 9.99. The number of alkyl halides is 3. The molecule has 0 fully saturated rings. The highest BCUT2D eigenvalue weighted by molar-refractivity contribution is 7.91. The van der Waals surface area contributed by atoms with Crippen LogP contribution in [0.5, 0.6) is 5.75 Å². The van der Waals surface area contributed by atoms with Gasteiger partial charge in [0.2, 0.25) is 9.84 Å². The minimum atomic E-state index is -4.90. The van der Waals surface area contributed by atoms with Gasteiger partial charge in [0.25, 0.3) is 0 Å². The number of carbonyl (C=O) groups is 1. The Balaban J connectivity index is 2.00. The number of rotatable bonds is 6. The van der Waals surface area contributed by atoms with E-state index in [4.69, 9.17) is 0 Å². The highest BCUT2D eigenvalue weighted by atomic mass is 32.2. The van der Waals surface area contributed by atoms with Crippen molar-refractivity contribution in [2.24, 2.45) is 0 Å². The van der Waals surface area contributed by atoms with E-state index in [1.165, 1.54) is 30.3 Å². The number of carbonyl (C=O) groups excluding carboxylic acids is 1. The van der Waals surface area contributed by atoms with E-state index in [2.05, 4.69) is 0 Å². The van der Waals surface area contributed by atoms with Crippen molar-refractivity contribution in [3.8, 4) is 5.75 Å². The minimum absolute atomic E-state index is 0.00177. The monoisotopic (exact) mass is 401 g/mol. The molecular weight excluding hydrogens is 383 g/mol. The van der Waals surface area contributed by atoms with Crippen LogP contribution in [-0.2, 0) is 21.1 Å². The fourth-order valence-electron chi connectivity index (χ4n) is 2.36. The number of phenols is 1. The Hall–Kier alpha value is -2.55. The van der Waals surface area contributed by atoms with E-state index >= 15 is 0 Å². The molecule has 0 heterocycles. The van der Waals surface area contributed by atoms with Crippen molar-refractivity contribution >= 4 is 15.7 Å². The number of hydrogen-bond donors (Lipinski definition) is 2. The van der Waals surface area contributed by atoms with Crippen LogP contribution in [-0.4, -0.2) is 32.2 Å². The van der Waals surface area contributed by atoms with Gasteiger partial charge in [0.15, 0.2) is 0 Å². The van der Waals surface area contributed by atoms with Gasteiger partial charge in [-0.15, -0.1) is 0 Å². The molecule has 0 aromatic heterocycles. The van der Waals surface area contributed by atoms with Gasteiger partial charge in [-0.05, 0) is 61.2 Å². The van der Waals surface area contributed by atoms with Crippen molar-refractivity contribution in [2.45, 2.75) is 35.7 Å². The van der Waals surface area contributed by atoms with Crippen molar-refractivity contribution < 1.29 is 31.5 Å². The molecule has 0 spiro atoms. The molecule has 0 atom stereocenters. The second kappa shape index (κ2) is 7.99. The number of benzene rings is 2. The Kier molecular flexibility index (Phi) is 6.15. The first-order chi connectivity index (χ1) is 12.5. The van der Waals surface area contributed by atoms with Gasteiger partial charge in [-0.1, -0.05) is 12.1 Å². The third kappa shape index (κ3) is 5.22. The minimum Gasteiger partial charge on any atom is -0.508 e. The molecule has 1 amide bonds. The average Bonchev–Trinajstić information content (AvgIpc) is 2.60. The van der Waals surface area contributed by atoms with E-state index < -0.39 is 21.9 Å². The molecule has 0 unspecified atom stereocenters. The van der Waals surface area contributed by atoms with Crippen molar-refractivity contribution in [3.05, 3.63) is 53.6 Å². The summed E-state index contributed by atoms with van der Waals surface area (Å²) < 4.78 is 61.4. The molecule has 0 aliphatic rings. The Morgan fingerprint density at radius 3 is 2.22 bits per heavy atom. The highest BCUT2D eigenvalue weighted by Gasteiger charge is 2.38. The van der Waals surface area contributed by atoms with Crippen molar-refractivity contribution in [1.29, 1.82) is 0 Å². The van der Waals surface area contributed by atoms with E-state index in [-0.39, 0.29) is 28.5 Å². The van der Waals surface area contributed by atoms with Crippen LogP contribution < -0.4 is 5.32 Å². The first kappa shape index (κ1) is 20.8. The van der Waals surface area contributed by atoms with Gasteiger partial charge in [0.1, 0.15) is 5.75 Å². The third-order valence-electron chi connectivity index (χ3n) is 3.90. The van der Waals surface area contributed by atoms with Crippen molar-refractivity contribution in [3.63, 3.8) is 0 Å². The molecule has 0 saturated heterocycles. The zero-order chi connectivity index (χ0) is 20.2. The second-order valence-corrected chi connectivity index (χ2v) is 7.90. The SMILES string of the molecule is Cc1cc(S(=O)(=O)c2ccc(CCCNC(=O)C(F)(F)F)cc2)ccc1O. The number of amides is 1. The maximum absolute atomic E-state index is 12.6. The summed E-state index contributed by atoms with van der Waals surface area (Å²) in [5.41, 5.74) is 1.17.